The number of nitrogens with zero attached hydrogens (tertiary/aromatic N) is 1. The van der Waals surface area contributed by atoms with Gasteiger partial charge >= 0.3 is 29.6 Å². The van der Waals surface area contributed by atoms with Crippen LogP contribution in [0.3, 0.4) is 0 Å². The van der Waals surface area contributed by atoms with Crippen LogP contribution in [-0.2, 0) is 14.4 Å². The standard InChI is InChI=1S/C10H16.C9H13NO3.C2H6.CH2O2.CH3O.Na/c1-2-6-10-8-4-3-7-9(10)5-1;1-8(6-11)5-9(13)3-2-4-10(9)7(8)12;1-2;2-1-3;1-2;/h1,5,9-10H,2-4,6-8H2;6,13H,2-5H2,1H3;1-2H3;1H,(H,2,3);1H3;/q;;;;-1;+1/t9-,10?;8?,9-;;;;/m01..../s1. The van der Waals surface area contributed by atoms with E-state index in [0.29, 0.717) is 19.3 Å². The molecular weight excluding hydrogens is 409 g/mol. The van der Waals surface area contributed by atoms with Gasteiger partial charge in [0.2, 0.25) is 5.91 Å². The van der Waals surface area contributed by atoms with Gasteiger partial charge in [-0.2, -0.15) is 7.11 Å². The average molecular weight is 450 g/mol. The zero-order valence-corrected chi connectivity index (χ0v) is 22.0. The van der Waals surface area contributed by atoms with Gasteiger partial charge in [-0.3, -0.25) is 9.59 Å². The summed E-state index contributed by atoms with van der Waals surface area (Å²) in [6.07, 6.45) is 16.0. The van der Waals surface area contributed by atoms with E-state index in [1.165, 1.54) is 43.4 Å². The van der Waals surface area contributed by atoms with Gasteiger partial charge in [0.1, 0.15) is 17.4 Å². The third-order valence-corrected chi connectivity index (χ3v) is 6.16. The maximum Gasteiger partial charge on any atom is 1.00 e. The maximum absolute atomic E-state index is 11.7. The van der Waals surface area contributed by atoms with Crippen LogP contribution < -0.4 is 34.7 Å². The molecule has 1 saturated carbocycles. The first-order valence-electron chi connectivity index (χ1n) is 11.1. The molecule has 2 N–H and O–H groups in total. The quantitative estimate of drug-likeness (QED) is 0.247. The number of amides is 1. The molecule has 0 radical (unpaired) electrons. The van der Waals surface area contributed by atoms with Crippen LogP contribution in [0, 0.1) is 17.3 Å². The number of fused-ring (bicyclic) bond motifs is 2. The van der Waals surface area contributed by atoms with Gasteiger partial charge in [-0.05, 0) is 57.3 Å². The number of carbonyl (C=O) groups is 3. The minimum atomic E-state index is -1.03. The van der Waals surface area contributed by atoms with Crippen molar-refractivity contribution in [3.8, 4) is 0 Å². The third-order valence-electron chi connectivity index (χ3n) is 6.16. The number of carbonyl (C=O) groups excluding carboxylic acids is 2. The summed E-state index contributed by atoms with van der Waals surface area (Å²) in [4.78, 5) is 32.2. The monoisotopic (exact) mass is 449 g/mol. The molecule has 4 atom stereocenters. The van der Waals surface area contributed by atoms with Gasteiger partial charge in [-0.15, -0.1) is 0 Å². The summed E-state index contributed by atoms with van der Waals surface area (Å²) in [5, 5.41) is 25.2. The number of rotatable bonds is 1. The Bertz CT molecular complexity index is 558. The number of hydrogen-bond acceptors (Lipinski definition) is 5. The van der Waals surface area contributed by atoms with Crippen LogP contribution in [0.2, 0.25) is 0 Å². The summed E-state index contributed by atoms with van der Waals surface area (Å²) >= 11 is 0. The van der Waals surface area contributed by atoms with E-state index < -0.39 is 11.1 Å². The Morgan fingerprint density at radius 2 is 1.71 bits per heavy atom. The van der Waals surface area contributed by atoms with Crippen molar-refractivity contribution in [2.75, 3.05) is 13.7 Å². The molecule has 0 spiro atoms. The first-order chi connectivity index (χ1) is 14.4. The maximum atomic E-state index is 11.7. The molecule has 0 aromatic rings. The molecule has 0 aromatic carbocycles. The molecule has 31 heavy (non-hydrogen) atoms. The van der Waals surface area contributed by atoms with Crippen molar-refractivity contribution in [1.82, 2.24) is 4.90 Å². The van der Waals surface area contributed by atoms with Gasteiger partial charge in [0, 0.05) is 13.0 Å². The predicted octanol–water partition coefficient (Wildman–Crippen LogP) is -0.243. The van der Waals surface area contributed by atoms with Crippen LogP contribution >= 0.6 is 0 Å². The number of aldehydes is 1. The van der Waals surface area contributed by atoms with Crippen molar-refractivity contribution >= 4 is 18.7 Å². The van der Waals surface area contributed by atoms with Crippen molar-refractivity contribution < 1.29 is 59.3 Å². The fraction of sp³-hybridized carbons (Fsp3) is 0.783. The van der Waals surface area contributed by atoms with Gasteiger partial charge in [0.05, 0.1) is 0 Å². The van der Waals surface area contributed by atoms with E-state index in [9.17, 15) is 14.7 Å². The molecule has 0 aromatic heterocycles. The molecule has 8 heteroatoms. The fourth-order valence-electron chi connectivity index (χ4n) is 4.83. The van der Waals surface area contributed by atoms with Crippen molar-refractivity contribution in [3.63, 3.8) is 0 Å². The summed E-state index contributed by atoms with van der Waals surface area (Å²) in [5.41, 5.74) is -2.03. The minimum Gasteiger partial charge on any atom is -0.857 e. The Morgan fingerprint density at radius 3 is 2.23 bits per heavy atom. The van der Waals surface area contributed by atoms with Crippen molar-refractivity contribution in [2.24, 2.45) is 17.3 Å². The second-order valence-electron chi connectivity index (χ2n) is 8.07. The van der Waals surface area contributed by atoms with Crippen molar-refractivity contribution in [1.29, 1.82) is 0 Å². The second-order valence-corrected chi connectivity index (χ2v) is 8.07. The SMILES string of the molecule is C1=C[C@H]2CCCCC2CC1.CC.CC1(C=O)C[C@]2(O)CCCN2C1=O.C[O-].O=CO.[Na+]. The van der Waals surface area contributed by atoms with E-state index >= 15 is 0 Å². The molecule has 2 heterocycles. The van der Waals surface area contributed by atoms with Crippen LogP contribution in [0.4, 0.5) is 0 Å². The molecule has 3 fully saturated rings. The average Bonchev–Trinajstić information content (AvgIpc) is 3.25. The minimum absolute atomic E-state index is 0. The summed E-state index contributed by atoms with van der Waals surface area (Å²) < 4.78 is 0. The number of carboxylic acid groups (broad SMARTS) is 1. The Labute approximate surface area is 209 Å². The zero-order chi connectivity index (χ0) is 23.2. The Hall–Kier alpha value is -0.730. The summed E-state index contributed by atoms with van der Waals surface area (Å²) in [6.45, 7) is 5.93. The largest absolute Gasteiger partial charge is 1.00 e. The molecule has 2 aliphatic heterocycles. The van der Waals surface area contributed by atoms with E-state index in [-0.39, 0.29) is 48.4 Å². The van der Waals surface area contributed by atoms with Crippen LogP contribution in [0.15, 0.2) is 12.2 Å². The fourth-order valence-corrected chi connectivity index (χ4v) is 4.83. The van der Waals surface area contributed by atoms with Crippen molar-refractivity contribution in [2.45, 2.75) is 84.3 Å². The molecule has 4 aliphatic rings. The predicted molar refractivity (Wildman–Crippen MR) is 114 cm³/mol. The normalized spacial score (nSPS) is 31.8. The van der Waals surface area contributed by atoms with E-state index in [2.05, 4.69) is 12.2 Å². The topological polar surface area (TPSA) is 118 Å². The molecule has 7 nitrogen and oxygen atoms in total. The van der Waals surface area contributed by atoms with E-state index in [0.717, 1.165) is 25.4 Å². The summed E-state index contributed by atoms with van der Waals surface area (Å²) in [5.74, 6) is 1.82. The molecule has 1 amide bonds. The van der Waals surface area contributed by atoms with Gasteiger partial charge < -0.3 is 25.0 Å². The van der Waals surface area contributed by atoms with E-state index in [4.69, 9.17) is 15.0 Å². The van der Waals surface area contributed by atoms with Crippen LogP contribution in [0.25, 0.3) is 0 Å². The summed E-state index contributed by atoms with van der Waals surface area (Å²) in [7, 11) is 0.750. The van der Waals surface area contributed by atoms with Crippen molar-refractivity contribution in [3.05, 3.63) is 12.2 Å². The Balaban J connectivity index is 0. The van der Waals surface area contributed by atoms with Gasteiger partial charge in [-0.25, -0.2) is 0 Å². The number of allylic oxidation sites excluding steroid dienone is 2. The second kappa shape index (κ2) is 16.8. The van der Waals surface area contributed by atoms with Gasteiger partial charge in [0.15, 0.2) is 0 Å². The first kappa shape index (κ1) is 32.4. The third kappa shape index (κ3) is 8.97. The molecule has 0 bridgehead atoms. The number of aliphatic hydroxyl groups is 1. The molecule has 4 rings (SSSR count). The molecule has 174 valence electrons. The van der Waals surface area contributed by atoms with Gasteiger partial charge in [0.25, 0.3) is 6.47 Å². The van der Waals surface area contributed by atoms with Crippen LogP contribution in [-0.4, -0.2) is 53.2 Å². The molecule has 2 saturated heterocycles. The van der Waals surface area contributed by atoms with E-state index in [1.807, 2.05) is 13.8 Å². The molecule has 2 aliphatic carbocycles. The van der Waals surface area contributed by atoms with Crippen LogP contribution in [0.5, 0.6) is 0 Å². The van der Waals surface area contributed by atoms with Gasteiger partial charge in [-0.1, -0.05) is 38.8 Å². The zero-order valence-electron chi connectivity index (χ0n) is 20.0. The Kier molecular flexibility index (Phi) is 17.6. The van der Waals surface area contributed by atoms with E-state index in [1.54, 1.807) is 6.92 Å². The molecular formula is C23H40NNaO6. The number of hydrogen-bond donors (Lipinski definition) is 2. The first-order valence-corrected chi connectivity index (χ1v) is 11.1. The Morgan fingerprint density at radius 1 is 1.13 bits per heavy atom. The van der Waals surface area contributed by atoms with Crippen LogP contribution in [0.1, 0.15) is 78.6 Å². The molecule has 2 unspecified atom stereocenters. The summed E-state index contributed by atoms with van der Waals surface area (Å²) in [6, 6.07) is 0. The smallest absolute Gasteiger partial charge is 0.857 e.